The maximum Gasteiger partial charge on any atom is 0.230 e. The summed E-state index contributed by atoms with van der Waals surface area (Å²) in [4.78, 5) is 16.2. The van der Waals surface area contributed by atoms with Crippen LogP contribution in [0.1, 0.15) is 6.42 Å². The summed E-state index contributed by atoms with van der Waals surface area (Å²) in [5.41, 5.74) is 0.989. The third-order valence-electron chi connectivity index (χ3n) is 2.82. The van der Waals surface area contributed by atoms with Crippen LogP contribution in [0.3, 0.4) is 0 Å². The average Bonchev–Trinajstić information content (AvgIpc) is 2.95. The van der Waals surface area contributed by atoms with Crippen LogP contribution in [0.5, 0.6) is 0 Å². The van der Waals surface area contributed by atoms with Gasteiger partial charge in [-0.25, -0.2) is 4.98 Å². The van der Waals surface area contributed by atoms with E-state index in [9.17, 15) is 4.79 Å². The molecule has 5 nitrogen and oxygen atoms in total. The Bertz CT molecular complexity index is 556. The number of hydrogen-bond donors (Lipinski definition) is 1. The molecule has 2 rings (SSSR count). The quantitative estimate of drug-likeness (QED) is 0.532. The molecule has 0 unspecified atom stereocenters. The van der Waals surface area contributed by atoms with Crippen LogP contribution < -0.4 is 5.32 Å². The predicted molar refractivity (Wildman–Crippen MR) is 90.7 cm³/mol. The fourth-order valence-corrected chi connectivity index (χ4v) is 3.64. The van der Waals surface area contributed by atoms with Gasteiger partial charge in [-0.15, -0.1) is 11.3 Å². The van der Waals surface area contributed by atoms with E-state index >= 15 is 0 Å². The fraction of sp³-hybridized carbons (Fsp3) is 0.467. The van der Waals surface area contributed by atoms with Crippen molar-refractivity contribution in [3.8, 4) is 0 Å². The summed E-state index contributed by atoms with van der Waals surface area (Å²) in [6.45, 7) is 2.46. The molecular weight excluding hydrogens is 320 g/mol. The van der Waals surface area contributed by atoms with E-state index in [0.29, 0.717) is 32.1 Å². The number of fused-ring (bicyclic) bond motifs is 1. The Hall–Kier alpha value is -1.15. The molecule has 1 amide bonds. The number of carbonyl (C=O) groups excluding carboxylic acids is 1. The Kier molecular flexibility index (Phi) is 7.65. The van der Waals surface area contributed by atoms with E-state index in [1.807, 2.05) is 24.3 Å². The molecule has 0 aliphatic heterocycles. The van der Waals surface area contributed by atoms with Crippen LogP contribution in [0.2, 0.25) is 0 Å². The van der Waals surface area contributed by atoms with Crippen LogP contribution in [-0.4, -0.2) is 50.1 Å². The van der Waals surface area contributed by atoms with Gasteiger partial charge in [-0.3, -0.25) is 4.79 Å². The molecule has 0 aliphatic rings. The number of nitrogens with zero attached hydrogens (tertiary/aromatic N) is 1. The number of aromatic nitrogens is 1. The van der Waals surface area contributed by atoms with Gasteiger partial charge in [-0.2, -0.15) is 0 Å². The lowest BCUT2D eigenvalue weighted by Crippen LogP contribution is -2.27. The van der Waals surface area contributed by atoms with Crippen molar-refractivity contribution in [3.63, 3.8) is 0 Å². The number of hydrogen-bond acceptors (Lipinski definition) is 6. The van der Waals surface area contributed by atoms with Crippen molar-refractivity contribution in [1.82, 2.24) is 10.3 Å². The topological polar surface area (TPSA) is 60.5 Å². The number of rotatable bonds is 10. The molecule has 0 bridgehead atoms. The lowest BCUT2D eigenvalue weighted by Gasteiger charge is -2.05. The third-order valence-corrected chi connectivity index (χ3v) is 5.00. The molecule has 120 valence electrons. The molecule has 1 aromatic heterocycles. The summed E-state index contributed by atoms with van der Waals surface area (Å²) in [6.07, 6.45) is 0.807. The number of methoxy groups -OCH3 is 1. The molecule has 0 spiro atoms. The van der Waals surface area contributed by atoms with Gasteiger partial charge in [0.25, 0.3) is 0 Å². The van der Waals surface area contributed by atoms with Crippen molar-refractivity contribution in [3.05, 3.63) is 24.3 Å². The Morgan fingerprint density at radius 3 is 3.00 bits per heavy atom. The molecule has 0 atom stereocenters. The van der Waals surface area contributed by atoms with E-state index in [-0.39, 0.29) is 5.91 Å². The number of nitrogens with one attached hydrogen (secondary N) is 1. The van der Waals surface area contributed by atoms with Gasteiger partial charge in [0.05, 0.1) is 29.2 Å². The number of ether oxygens (including phenoxy) is 2. The van der Waals surface area contributed by atoms with Crippen molar-refractivity contribution in [2.45, 2.75) is 10.8 Å². The maximum atomic E-state index is 11.8. The first-order chi connectivity index (χ1) is 10.8. The Morgan fingerprint density at radius 2 is 2.18 bits per heavy atom. The first-order valence-corrected chi connectivity index (χ1v) is 8.91. The first kappa shape index (κ1) is 17.2. The highest BCUT2D eigenvalue weighted by molar-refractivity contribution is 8.01. The van der Waals surface area contributed by atoms with Crippen LogP contribution in [0, 0.1) is 0 Å². The molecule has 2 aromatic rings. The predicted octanol–water partition coefficient (Wildman–Crippen LogP) is 2.56. The van der Waals surface area contributed by atoms with E-state index in [2.05, 4.69) is 10.3 Å². The van der Waals surface area contributed by atoms with Crippen LogP contribution in [0.25, 0.3) is 10.2 Å². The number of thioether (sulfide) groups is 1. The minimum atomic E-state index is 0.0288. The molecule has 0 saturated carbocycles. The number of amides is 1. The summed E-state index contributed by atoms with van der Waals surface area (Å²) < 4.78 is 12.3. The number of para-hydroxylation sites is 1. The van der Waals surface area contributed by atoms with Gasteiger partial charge in [-0.05, 0) is 18.6 Å². The van der Waals surface area contributed by atoms with E-state index < -0.39 is 0 Å². The summed E-state index contributed by atoms with van der Waals surface area (Å²) in [5, 5.41) is 2.88. The van der Waals surface area contributed by atoms with Gasteiger partial charge in [0, 0.05) is 20.3 Å². The van der Waals surface area contributed by atoms with Gasteiger partial charge in [-0.1, -0.05) is 23.9 Å². The summed E-state index contributed by atoms with van der Waals surface area (Å²) in [6, 6.07) is 7.99. The minimum Gasteiger partial charge on any atom is -0.382 e. The van der Waals surface area contributed by atoms with Crippen LogP contribution >= 0.6 is 23.1 Å². The third kappa shape index (κ3) is 5.92. The normalized spacial score (nSPS) is 11.0. The SMILES string of the molecule is COCCOCCCNC(=O)CSc1nc2ccccc2s1. The van der Waals surface area contributed by atoms with E-state index in [0.717, 1.165) is 21.0 Å². The zero-order valence-electron chi connectivity index (χ0n) is 12.5. The molecule has 1 N–H and O–H groups in total. The molecule has 22 heavy (non-hydrogen) atoms. The second-order valence-electron chi connectivity index (χ2n) is 4.54. The van der Waals surface area contributed by atoms with Gasteiger partial charge in [0.2, 0.25) is 5.91 Å². The Balaban J connectivity index is 1.59. The average molecular weight is 340 g/mol. The fourth-order valence-electron chi connectivity index (χ4n) is 1.74. The van der Waals surface area contributed by atoms with Crippen molar-refractivity contribution in [2.75, 3.05) is 39.2 Å². The largest absolute Gasteiger partial charge is 0.382 e. The standard InChI is InChI=1S/C15H20N2O3S2/c1-19-9-10-20-8-4-7-16-14(18)11-21-15-17-12-5-2-3-6-13(12)22-15/h2-3,5-6H,4,7-11H2,1H3,(H,16,18). The van der Waals surface area contributed by atoms with Crippen molar-refractivity contribution in [2.24, 2.45) is 0 Å². The molecule has 0 radical (unpaired) electrons. The second-order valence-corrected chi connectivity index (χ2v) is 6.80. The van der Waals surface area contributed by atoms with Gasteiger partial charge in [0.15, 0.2) is 4.34 Å². The molecule has 7 heteroatoms. The molecule has 1 aromatic carbocycles. The lowest BCUT2D eigenvalue weighted by atomic mass is 10.3. The number of thiazole rings is 1. The van der Waals surface area contributed by atoms with Gasteiger partial charge < -0.3 is 14.8 Å². The van der Waals surface area contributed by atoms with Gasteiger partial charge >= 0.3 is 0 Å². The second kappa shape index (κ2) is 9.78. The Labute approximate surface area is 138 Å². The lowest BCUT2D eigenvalue weighted by molar-refractivity contribution is -0.118. The summed E-state index contributed by atoms with van der Waals surface area (Å²) >= 11 is 3.10. The maximum absolute atomic E-state index is 11.8. The van der Waals surface area contributed by atoms with E-state index in [1.54, 1.807) is 18.4 Å². The highest BCUT2D eigenvalue weighted by Gasteiger charge is 2.07. The summed E-state index contributed by atoms with van der Waals surface area (Å²) in [5.74, 6) is 0.422. The van der Waals surface area contributed by atoms with E-state index in [1.165, 1.54) is 11.8 Å². The molecule has 0 aliphatic carbocycles. The van der Waals surface area contributed by atoms with Crippen LogP contribution in [0.15, 0.2) is 28.6 Å². The van der Waals surface area contributed by atoms with Crippen LogP contribution in [-0.2, 0) is 14.3 Å². The molecular formula is C15H20N2O3S2. The molecule has 1 heterocycles. The monoisotopic (exact) mass is 340 g/mol. The smallest absolute Gasteiger partial charge is 0.230 e. The molecule has 0 saturated heterocycles. The van der Waals surface area contributed by atoms with E-state index in [4.69, 9.17) is 9.47 Å². The zero-order chi connectivity index (χ0) is 15.6. The zero-order valence-corrected chi connectivity index (χ0v) is 14.2. The van der Waals surface area contributed by atoms with Crippen molar-refractivity contribution in [1.29, 1.82) is 0 Å². The highest BCUT2D eigenvalue weighted by atomic mass is 32.2. The Morgan fingerprint density at radius 1 is 1.32 bits per heavy atom. The van der Waals surface area contributed by atoms with Crippen molar-refractivity contribution < 1.29 is 14.3 Å². The van der Waals surface area contributed by atoms with Crippen LogP contribution in [0.4, 0.5) is 0 Å². The number of carbonyl (C=O) groups is 1. The van der Waals surface area contributed by atoms with Gasteiger partial charge in [0.1, 0.15) is 0 Å². The highest BCUT2D eigenvalue weighted by Crippen LogP contribution is 2.28. The summed E-state index contributed by atoms with van der Waals surface area (Å²) in [7, 11) is 1.65. The first-order valence-electron chi connectivity index (χ1n) is 7.11. The minimum absolute atomic E-state index is 0.0288. The number of benzene rings is 1. The van der Waals surface area contributed by atoms with Crippen molar-refractivity contribution >= 4 is 39.2 Å². The molecule has 0 fully saturated rings.